The normalized spacial score (nSPS) is 26.6. The first-order chi connectivity index (χ1) is 17.8. The van der Waals surface area contributed by atoms with Gasteiger partial charge in [-0.15, -0.1) is 6.58 Å². The molecular formula is C30H34Cl2F3NO2. The third-order valence-corrected chi connectivity index (χ3v) is 8.83. The number of nitrogens with zero attached hydrogens (tertiary/aromatic N) is 1. The molecule has 0 radical (unpaired) electrons. The molecular weight excluding hydrogens is 534 g/mol. The van der Waals surface area contributed by atoms with E-state index in [1.807, 2.05) is 37.3 Å². The molecule has 0 spiro atoms. The molecule has 5 atom stereocenters. The predicted molar refractivity (Wildman–Crippen MR) is 145 cm³/mol. The van der Waals surface area contributed by atoms with Crippen LogP contribution in [0, 0.1) is 11.3 Å². The quantitative estimate of drug-likeness (QED) is 0.308. The number of alkyl halides is 3. The van der Waals surface area contributed by atoms with Crippen molar-refractivity contribution in [3.05, 3.63) is 82.4 Å². The summed E-state index contributed by atoms with van der Waals surface area (Å²) in [7, 11) is 0. The van der Waals surface area contributed by atoms with Crippen molar-refractivity contribution in [3.8, 4) is 0 Å². The van der Waals surface area contributed by atoms with Gasteiger partial charge in [0.2, 0.25) is 5.91 Å². The summed E-state index contributed by atoms with van der Waals surface area (Å²) >= 11 is 12.6. The van der Waals surface area contributed by atoms with Crippen molar-refractivity contribution in [2.75, 3.05) is 0 Å². The molecule has 0 bridgehead atoms. The first-order valence-electron chi connectivity index (χ1n) is 13.1. The third-order valence-electron chi connectivity index (χ3n) is 8.34. The van der Waals surface area contributed by atoms with Gasteiger partial charge in [0, 0.05) is 28.4 Å². The number of allylic oxidation sites excluding steroid dienone is 1. The van der Waals surface area contributed by atoms with Gasteiger partial charge in [-0.1, -0.05) is 67.4 Å². The number of hydrogen-bond donors (Lipinski definition) is 1. The smallest absolute Gasteiger partial charge is 0.380 e. The van der Waals surface area contributed by atoms with Gasteiger partial charge in [0.15, 0.2) is 5.60 Å². The van der Waals surface area contributed by atoms with Crippen LogP contribution in [0.5, 0.6) is 0 Å². The van der Waals surface area contributed by atoms with Gasteiger partial charge in [0.25, 0.3) is 0 Å². The molecule has 8 heteroatoms. The number of benzene rings is 2. The number of hydrogen-bond acceptors (Lipinski definition) is 2. The topological polar surface area (TPSA) is 40.5 Å². The van der Waals surface area contributed by atoms with Crippen LogP contribution in [-0.4, -0.2) is 33.7 Å². The molecule has 1 saturated carbocycles. The molecule has 4 rings (SSSR count). The fraction of sp³-hybridized carbons (Fsp3) is 0.500. The second kappa shape index (κ2) is 10.9. The van der Waals surface area contributed by atoms with Crippen LogP contribution >= 0.6 is 23.2 Å². The van der Waals surface area contributed by atoms with Gasteiger partial charge in [0.05, 0.1) is 11.5 Å². The average molecular weight is 569 g/mol. The van der Waals surface area contributed by atoms with E-state index in [9.17, 15) is 23.1 Å². The molecule has 1 aliphatic heterocycles. The summed E-state index contributed by atoms with van der Waals surface area (Å²) < 4.78 is 42.9. The van der Waals surface area contributed by atoms with Crippen LogP contribution in [0.3, 0.4) is 0 Å². The van der Waals surface area contributed by atoms with E-state index >= 15 is 0 Å². The van der Waals surface area contributed by atoms with Crippen LogP contribution in [-0.2, 0) is 4.79 Å². The van der Waals surface area contributed by atoms with E-state index in [2.05, 4.69) is 6.58 Å². The monoisotopic (exact) mass is 567 g/mol. The molecule has 5 unspecified atom stereocenters. The standard InChI is InChI=1S/C30H34Cl2F3NO2/c1-4-15-28(3)18-25(20-7-6-8-23(32)16-20)26(19-9-13-22(31)14-10-19)36(27(28)37)24(5-2)17-29(38,21-11-12-21)30(33,34)35/h4,6-10,13-14,16,21,24-26,38H,1,5,11-12,15,17-18H2,2-3H3. The Balaban J connectivity index is 1.89. The van der Waals surface area contributed by atoms with Gasteiger partial charge >= 0.3 is 6.18 Å². The summed E-state index contributed by atoms with van der Waals surface area (Å²) in [5.41, 5.74) is -2.07. The van der Waals surface area contributed by atoms with Crippen molar-refractivity contribution >= 4 is 29.1 Å². The molecule has 2 fully saturated rings. The summed E-state index contributed by atoms with van der Waals surface area (Å²) in [6.07, 6.45) is -1.95. The summed E-state index contributed by atoms with van der Waals surface area (Å²) in [5, 5.41) is 12.1. The summed E-state index contributed by atoms with van der Waals surface area (Å²) in [6.45, 7) is 7.47. The van der Waals surface area contributed by atoms with Gasteiger partial charge < -0.3 is 10.0 Å². The zero-order chi connectivity index (χ0) is 27.9. The summed E-state index contributed by atoms with van der Waals surface area (Å²) in [5.74, 6) is -1.34. The van der Waals surface area contributed by atoms with Crippen molar-refractivity contribution in [2.24, 2.45) is 11.3 Å². The molecule has 1 heterocycles. The van der Waals surface area contributed by atoms with Crippen LogP contribution in [0.2, 0.25) is 10.0 Å². The molecule has 38 heavy (non-hydrogen) atoms. The van der Waals surface area contributed by atoms with Crippen molar-refractivity contribution in [1.82, 2.24) is 4.90 Å². The van der Waals surface area contributed by atoms with Crippen molar-refractivity contribution in [3.63, 3.8) is 0 Å². The summed E-state index contributed by atoms with van der Waals surface area (Å²) in [4.78, 5) is 15.9. The Morgan fingerprint density at radius 2 is 1.79 bits per heavy atom. The zero-order valence-corrected chi connectivity index (χ0v) is 23.2. The maximum Gasteiger partial charge on any atom is 0.417 e. The molecule has 1 N–H and O–H groups in total. The highest BCUT2D eigenvalue weighted by Gasteiger charge is 2.63. The highest BCUT2D eigenvalue weighted by molar-refractivity contribution is 6.30. The number of carbonyl (C=O) groups excluding carboxylic acids is 1. The first-order valence-corrected chi connectivity index (χ1v) is 13.8. The fourth-order valence-corrected chi connectivity index (χ4v) is 6.49. The Morgan fingerprint density at radius 3 is 2.32 bits per heavy atom. The first kappa shape index (κ1) is 29.0. The number of rotatable bonds is 9. The maximum atomic E-state index is 14.3. The van der Waals surface area contributed by atoms with Crippen molar-refractivity contribution < 1.29 is 23.1 Å². The van der Waals surface area contributed by atoms with Crippen LogP contribution < -0.4 is 0 Å². The van der Waals surface area contributed by atoms with Gasteiger partial charge in [-0.3, -0.25) is 4.79 Å². The van der Waals surface area contributed by atoms with E-state index in [0.717, 1.165) is 11.1 Å². The van der Waals surface area contributed by atoms with E-state index < -0.39 is 41.6 Å². The molecule has 0 aromatic heterocycles. The van der Waals surface area contributed by atoms with Gasteiger partial charge in [-0.2, -0.15) is 13.2 Å². The Labute approximate surface area is 232 Å². The number of aliphatic hydroxyl groups is 1. The number of carbonyl (C=O) groups is 1. The van der Waals surface area contributed by atoms with Crippen molar-refractivity contribution in [2.45, 2.75) is 82.2 Å². The van der Waals surface area contributed by atoms with E-state index in [1.54, 1.807) is 36.1 Å². The SMILES string of the molecule is C=CCC1(C)CC(c2cccc(Cl)c2)C(c2ccc(Cl)cc2)N(C(CC)CC(O)(C2CC2)C(F)(F)F)C1=O. The van der Waals surface area contributed by atoms with Crippen LogP contribution in [0.4, 0.5) is 13.2 Å². The predicted octanol–water partition coefficient (Wildman–Crippen LogP) is 8.51. The Morgan fingerprint density at radius 1 is 1.13 bits per heavy atom. The molecule has 1 aliphatic carbocycles. The molecule has 206 valence electrons. The second-order valence-electron chi connectivity index (χ2n) is 11.1. The van der Waals surface area contributed by atoms with Crippen LogP contribution in [0.25, 0.3) is 0 Å². The third kappa shape index (κ3) is 5.50. The molecule has 2 aromatic carbocycles. The molecule has 2 aromatic rings. The van der Waals surface area contributed by atoms with Crippen molar-refractivity contribution in [1.29, 1.82) is 0 Å². The Kier molecular flexibility index (Phi) is 8.28. The maximum absolute atomic E-state index is 14.3. The molecule has 1 saturated heterocycles. The fourth-order valence-electron chi connectivity index (χ4n) is 6.16. The number of piperidine rings is 1. The number of amides is 1. The molecule has 1 amide bonds. The van der Waals surface area contributed by atoms with E-state index in [-0.39, 0.29) is 18.2 Å². The lowest BCUT2D eigenvalue weighted by Crippen LogP contribution is -2.59. The van der Waals surface area contributed by atoms with E-state index in [1.165, 1.54) is 0 Å². The lowest BCUT2D eigenvalue weighted by Gasteiger charge is -2.53. The second-order valence-corrected chi connectivity index (χ2v) is 12.0. The minimum Gasteiger partial charge on any atom is -0.380 e. The zero-order valence-electron chi connectivity index (χ0n) is 21.6. The average Bonchev–Trinajstić information content (AvgIpc) is 3.70. The Bertz CT molecular complexity index is 1170. The highest BCUT2D eigenvalue weighted by Crippen LogP contribution is 2.55. The van der Waals surface area contributed by atoms with Gasteiger partial charge in [-0.05, 0) is 73.4 Å². The lowest BCUT2D eigenvalue weighted by molar-refractivity contribution is -0.275. The van der Waals surface area contributed by atoms with Crippen LogP contribution in [0.1, 0.15) is 75.5 Å². The van der Waals surface area contributed by atoms with E-state index in [4.69, 9.17) is 23.2 Å². The number of likely N-dealkylation sites (tertiary alicyclic amines) is 1. The molecule has 3 nitrogen and oxygen atoms in total. The lowest BCUT2D eigenvalue weighted by atomic mass is 9.66. The largest absolute Gasteiger partial charge is 0.417 e. The Hall–Kier alpha value is -2.02. The summed E-state index contributed by atoms with van der Waals surface area (Å²) in [6, 6.07) is 13.1. The number of halogens is 5. The van der Waals surface area contributed by atoms with Gasteiger partial charge in [0.1, 0.15) is 0 Å². The minimum absolute atomic E-state index is 0.234. The van der Waals surface area contributed by atoms with Gasteiger partial charge in [-0.25, -0.2) is 0 Å². The molecule has 2 aliphatic rings. The highest BCUT2D eigenvalue weighted by atomic mass is 35.5. The minimum atomic E-state index is -4.80. The van der Waals surface area contributed by atoms with Crippen LogP contribution in [0.15, 0.2) is 61.2 Å². The van der Waals surface area contributed by atoms with E-state index in [0.29, 0.717) is 35.7 Å².